The number of allylic oxidation sites excluding steroid dienone is 1. The van der Waals surface area contributed by atoms with E-state index in [1.165, 1.54) is 19.9 Å². The van der Waals surface area contributed by atoms with Crippen LogP contribution >= 0.6 is 35.2 Å². The number of amides is 2. The number of anilines is 1. The quantitative estimate of drug-likeness (QED) is 0.0304. The zero-order chi connectivity index (χ0) is 39.8. The molecule has 1 aliphatic heterocycles. The number of aromatic nitrogens is 4. The van der Waals surface area contributed by atoms with Gasteiger partial charge in [-0.3, -0.25) is 32.5 Å². The predicted molar refractivity (Wildman–Crippen MR) is 199 cm³/mol. The van der Waals surface area contributed by atoms with Crippen molar-refractivity contribution in [1.82, 2.24) is 30.2 Å². The number of hydrogen-bond donors (Lipinski definition) is 9. The molecule has 31 heteroatoms. The number of rotatable bonds is 20. The molecule has 1 saturated heterocycles. The fraction of sp³-hybridized carbons (Fsp3) is 0.600. The molecule has 0 bridgehead atoms. The largest absolute Gasteiger partial charge is 0.481 e. The van der Waals surface area contributed by atoms with Crippen molar-refractivity contribution in [2.24, 2.45) is 5.41 Å². The van der Waals surface area contributed by atoms with Gasteiger partial charge in [0.1, 0.15) is 36.3 Å². The molecule has 2 amide bonds. The molecule has 3 radical (unpaired) electrons. The summed E-state index contributed by atoms with van der Waals surface area (Å²) in [7, 11) is -16.4. The molecule has 0 saturated carbocycles. The average Bonchev–Trinajstić information content (AvgIpc) is 3.61. The van der Waals surface area contributed by atoms with Gasteiger partial charge in [-0.2, -0.15) is 4.31 Å². The first-order valence-corrected chi connectivity index (χ1v) is 20.7. The van der Waals surface area contributed by atoms with E-state index in [0.717, 1.165) is 29.0 Å². The summed E-state index contributed by atoms with van der Waals surface area (Å²) in [5.41, 5.74) is 4.26. The number of nitrogens with zero attached hydrogens (tertiary/aromatic N) is 4. The van der Waals surface area contributed by atoms with Crippen LogP contribution in [0, 0.1) is 5.41 Å². The van der Waals surface area contributed by atoms with E-state index in [4.69, 9.17) is 19.5 Å². The second-order valence-electron chi connectivity index (χ2n) is 11.7. The van der Waals surface area contributed by atoms with Crippen LogP contribution in [0.25, 0.3) is 11.2 Å². The van der Waals surface area contributed by atoms with Gasteiger partial charge < -0.3 is 50.9 Å². The summed E-state index contributed by atoms with van der Waals surface area (Å²) >= 11 is 1.01. The molecule has 3 heterocycles. The van der Waals surface area contributed by atoms with Gasteiger partial charge in [0.25, 0.3) is 0 Å². The number of imidazole rings is 1. The average molecular weight is 856 g/mol. The second kappa shape index (κ2) is 23.8. The number of nitrogens with two attached hydrogens (primary N) is 1. The van der Waals surface area contributed by atoms with Gasteiger partial charge in [0.05, 0.1) is 19.5 Å². The fourth-order valence-corrected chi connectivity index (χ4v) is 7.93. The Morgan fingerprint density at radius 1 is 1.05 bits per heavy atom. The number of ether oxygens (including phenoxy) is 1. The maximum Gasteiger partial charge on any atom is 0.481 e. The number of aliphatic hydroxyl groups is 2. The van der Waals surface area contributed by atoms with Crippen LogP contribution < -0.4 is 16.4 Å². The molecule has 1 aliphatic rings. The van der Waals surface area contributed by atoms with Crippen molar-refractivity contribution >= 4 is 126 Å². The van der Waals surface area contributed by atoms with Gasteiger partial charge in [-0.05, 0) is 13.0 Å². The van der Waals surface area contributed by atoms with E-state index >= 15 is 0 Å². The van der Waals surface area contributed by atoms with Crippen LogP contribution in [0.4, 0.5) is 5.82 Å². The molecule has 0 spiro atoms. The van der Waals surface area contributed by atoms with E-state index < -0.39 is 84.6 Å². The smallest absolute Gasteiger partial charge is 0.386 e. The summed E-state index contributed by atoms with van der Waals surface area (Å²) in [4.78, 5) is 86.7. The normalized spacial score (nSPS) is 21.2. The molecule has 0 aromatic carbocycles. The van der Waals surface area contributed by atoms with Crippen LogP contribution in [0.1, 0.15) is 33.4 Å². The van der Waals surface area contributed by atoms with Gasteiger partial charge in [-0.15, -0.1) is 0 Å². The number of phosphoric ester groups is 3. The van der Waals surface area contributed by atoms with Crippen molar-refractivity contribution < 1.29 is 80.5 Å². The number of carbonyl (C=O) groups excluding carboxylic acids is 3. The van der Waals surface area contributed by atoms with Crippen molar-refractivity contribution in [3.63, 3.8) is 0 Å². The number of aliphatic hydroxyl groups excluding tert-OH is 2. The molecule has 24 nitrogen and oxygen atoms in total. The number of fused-ring (bicyclic) bond motifs is 1. The van der Waals surface area contributed by atoms with Gasteiger partial charge in [0.15, 0.2) is 17.7 Å². The van der Waals surface area contributed by atoms with Crippen LogP contribution in [0.2, 0.25) is 0 Å². The van der Waals surface area contributed by atoms with Crippen molar-refractivity contribution in [3.8, 4) is 0 Å². The first-order chi connectivity index (χ1) is 24.6. The maximum atomic E-state index is 12.6. The predicted octanol–water partition coefficient (Wildman–Crippen LogP) is -1.90. The van der Waals surface area contributed by atoms with Gasteiger partial charge in [-0.1, -0.05) is 31.7 Å². The van der Waals surface area contributed by atoms with E-state index in [2.05, 4.69) is 34.4 Å². The van der Waals surface area contributed by atoms with E-state index in [-0.39, 0.29) is 98.2 Å². The SMILES string of the molecule is CC=CC(=O)SCCNC(=O)CCNC(=O)C(O)C(C)(C)COP(=O)(O)OP(=O)(O)OCC1OC(n2cnc3c(N)ncnc32)C(O)C1OP(=O)(O)O.[Li].[Li].[Li]. The van der Waals surface area contributed by atoms with Gasteiger partial charge in [-0.25, -0.2) is 28.6 Å². The third-order valence-corrected chi connectivity index (χ3v) is 11.0. The fourth-order valence-electron chi connectivity index (χ4n) is 4.47. The summed E-state index contributed by atoms with van der Waals surface area (Å²) in [5.74, 6) is -1.13. The zero-order valence-corrected chi connectivity index (χ0v) is 34.7. The number of phosphoric acid groups is 3. The molecule has 1 fully saturated rings. The van der Waals surface area contributed by atoms with Gasteiger partial charge in [0, 0.05) is 87.3 Å². The Kier molecular flexibility index (Phi) is 23.4. The Morgan fingerprint density at radius 3 is 2.32 bits per heavy atom. The summed E-state index contributed by atoms with van der Waals surface area (Å²) in [6.07, 6.45) is -3.94. The van der Waals surface area contributed by atoms with Crippen LogP contribution in [0.3, 0.4) is 0 Å². The minimum absolute atomic E-state index is 0. The summed E-state index contributed by atoms with van der Waals surface area (Å²) in [6, 6.07) is 0. The minimum atomic E-state index is -5.56. The van der Waals surface area contributed by atoms with E-state index in [1.807, 2.05) is 0 Å². The zero-order valence-electron chi connectivity index (χ0n) is 31.2. The Morgan fingerprint density at radius 2 is 1.70 bits per heavy atom. The van der Waals surface area contributed by atoms with Crippen LogP contribution in [0.5, 0.6) is 0 Å². The first-order valence-electron chi connectivity index (χ1n) is 15.2. The Hall–Kier alpha value is -0.908. The van der Waals surface area contributed by atoms with Crippen LogP contribution in [0.15, 0.2) is 24.8 Å². The standard InChI is InChI=1S/C25H40N7O17P3S.3Li/c1-4-5-16(34)53-9-8-27-15(33)6-7-28-23(37)20(36)25(2,3)11-46-52(43,44)49-51(41,42)45-10-14-19(48-50(38,39)40)18(35)24(47-14)32-13-31-17-21(26)29-12-30-22(17)32;;;/h4-5,12-14,18-20,24,35-36H,6-11H2,1-3H3,(H,27,33)(H,28,37)(H,41,42)(H,43,44)(H2,26,29,30)(H2,38,39,40);;;. The van der Waals surface area contributed by atoms with Crippen molar-refractivity contribution in [1.29, 1.82) is 0 Å². The molecule has 10 N–H and O–H groups in total. The molecule has 2 aromatic heterocycles. The molecule has 301 valence electrons. The molecular weight excluding hydrogens is 816 g/mol. The topological polar surface area (TPSA) is 364 Å². The summed E-state index contributed by atoms with van der Waals surface area (Å²) in [6.45, 7) is 2.17. The minimum Gasteiger partial charge on any atom is -0.386 e. The van der Waals surface area contributed by atoms with E-state index in [1.54, 1.807) is 13.0 Å². The van der Waals surface area contributed by atoms with Crippen LogP contribution in [-0.2, 0) is 50.7 Å². The Balaban J connectivity index is 0.0000101. The summed E-state index contributed by atoms with van der Waals surface area (Å²) < 4.78 is 61.9. The number of thioether (sulfide) groups is 1. The molecule has 7 unspecified atom stereocenters. The number of nitrogen functional groups attached to an aromatic ring is 1. The van der Waals surface area contributed by atoms with Crippen molar-refractivity contribution in [2.45, 2.75) is 57.8 Å². The molecular formula is C25H40Li3N7O17P3S. The van der Waals surface area contributed by atoms with E-state index in [9.17, 15) is 57.9 Å². The molecule has 3 rings (SSSR count). The molecule has 2 aromatic rings. The monoisotopic (exact) mass is 856 g/mol. The third-order valence-electron chi connectivity index (χ3n) is 7.05. The Labute approximate surface area is 360 Å². The number of hydrogen-bond acceptors (Lipinski definition) is 18. The third kappa shape index (κ3) is 17.0. The first kappa shape index (κ1) is 55.1. The number of carbonyl (C=O) groups is 3. The Bertz CT molecular complexity index is 1810. The molecule has 7 atom stereocenters. The maximum absolute atomic E-state index is 12.6. The van der Waals surface area contributed by atoms with Crippen LogP contribution in [-0.4, -0.2) is 179 Å². The second-order valence-corrected chi connectivity index (χ2v) is 17.1. The van der Waals surface area contributed by atoms with Crippen molar-refractivity contribution in [3.05, 3.63) is 24.8 Å². The van der Waals surface area contributed by atoms with E-state index in [0.29, 0.717) is 5.75 Å². The molecule has 56 heavy (non-hydrogen) atoms. The summed E-state index contributed by atoms with van der Waals surface area (Å²) in [5, 5.41) is 26.1. The van der Waals surface area contributed by atoms with Crippen molar-refractivity contribution in [2.75, 3.05) is 37.8 Å². The van der Waals surface area contributed by atoms with Gasteiger partial charge in [0.2, 0.25) is 16.9 Å². The van der Waals surface area contributed by atoms with Gasteiger partial charge >= 0.3 is 23.5 Å². The molecule has 0 aliphatic carbocycles. The number of nitrogens with one attached hydrogen (secondary N) is 2.